The molecule has 15 heavy (non-hydrogen) atoms. The number of amides is 1. The molecule has 0 aromatic heterocycles. The summed E-state index contributed by atoms with van der Waals surface area (Å²) in [6.45, 7) is 5.08. The first-order chi connectivity index (χ1) is 6.96. The Balaban J connectivity index is 2.26. The lowest BCUT2D eigenvalue weighted by Gasteiger charge is -2.25. The van der Waals surface area contributed by atoms with Crippen molar-refractivity contribution in [3.8, 4) is 0 Å². The molecule has 0 atom stereocenters. The first-order valence-electron chi connectivity index (χ1n) is 5.92. The van der Waals surface area contributed by atoms with E-state index >= 15 is 0 Å². The highest BCUT2D eigenvalue weighted by molar-refractivity contribution is 5.76. The molecule has 1 aliphatic rings. The van der Waals surface area contributed by atoms with Crippen molar-refractivity contribution in [1.29, 1.82) is 0 Å². The summed E-state index contributed by atoms with van der Waals surface area (Å²) in [4.78, 5) is 13.7. The molecule has 0 aromatic rings. The van der Waals surface area contributed by atoms with Crippen molar-refractivity contribution in [3.63, 3.8) is 0 Å². The van der Waals surface area contributed by atoms with Gasteiger partial charge in [0.05, 0.1) is 0 Å². The summed E-state index contributed by atoms with van der Waals surface area (Å²) < 4.78 is 0. The van der Waals surface area contributed by atoms with Gasteiger partial charge in [0.2, 0.25) is 5.91 Å². The molecule has 0 unspecified atom stereocenters. The van der Waals surface area contributed by atoms with Crippen molar-refractivity contribution in [2.24, 2.45) is 11.1 Å². The van der Waals surface area contributed by atoms with Crippen LogP contribution in [0.2, 0.25) is 0 Å². The molecule has 0 heterocycles. The van der Waals surface area contributed by atoms with Gasteiger partial charge in [-0.15, -0.1) is 0 Å². The van der Waals surface area contributed by atoms with Gasteiger partial charge in [-0.2, -0.15) is 0 Å². The van der Waals surface area contributed by atoms with Crippen LogP contribution in [-0.2, 0) is 4.79 Å². The molecule has 2 N–H and O–H groups in total. The molecule has 0 bridgehead atoms. The van der Waals surface area contributed by atoms with E-state index in [9.17, 15) is 4.79 Å². The smallest absolute Gasteiger partial charge is 0.222 e. The average Bonchev–Trinajstić information content (AvgIpc) is 2.96. The van der Waals surface area contributed by atoms with Crippen LogP contribution in [-0.4, -0.2) is 30.4 Å². The molecule has 1 saturated carbocycles. The Bertz CT molecular complexity index is 222. The van der Waals surface area contributed by atoms with Gasteiger partial charge in [0, 0.05) is 19.5 Å². The van der Waals surface area contributed by atoms with Crippen LogP contribution >= 0.6 is 0 Å². The predicted octanol–water partition coefficient (Wildman–Crippen LogP) is 1.76. The fourth-order valence-electron chi connectivity index (χ4n) is 1.80. The molecule has 0 saturated heterocycles. The topological polar surface area (TPSA) is 46.3 Å². The van der Waals surface area contributed by atoms with Gasteiger partial charge in [-0.25, -0.2) is 0 Å². The Morgan fingerprint density at radius 1 is 1.40 bits per heavy atom. The average molecular weight is 212 g/mol. The Morgan fingerprint density at radius 3 is 2.47 bits per heavy atom. The minimum absolute atomic E-state index is 0.203. The van der Waals surface area contributed by atoms with Crippen LogP contribution in [0.5, 0.6) is 0 Å². The molecule has 3 heteroatoms. The van der Waals surface area contributed by atoms with Gasteiger partial charge in [-0.1, -0.05) is 13.8 Å². The number of hydrogen-bond donors (Lipinski definition) is 1. The van der Waals surface area contributed by atoms with Gasteiger partial charge in [0.25, 0.3) is 0 Å². The van der Waals surface area contributed by atoms with Gasteiger partial charge in [-0.05, 0) is 37.6 Å². The highest BCUT2D eigenvalue weighted by atomic mass is 16.2. The van der Waals surface area contributed by atoms with Crippen molar-refractivity contribution in [2.45, 2.75) is 52.0 Å². The van der Waals surface area contributed by atoms with Crippen LogP contribution < -0.4 is 5.73 Å². The van der Waals surface area contributed by atoms with Gasteiger partial charge in [0.15, 0.2) is 0 Å². The number of carbonyl (C=O) groups excluding carboxylic acids is 1. The molecule has 1 amide bonds. The quantitative estimate of drug-likeness (QED) is 0.729. The summed E-state index contributed by atoms with van der Waals surface area (Å²) in [5.41, 5.74) is 5.75. The van der Waals surface area contributed by atoms with Crippen LogP contribution in [0.1, 0.15) is 46.0 Å². The summed E-state index contributed by atoms with van der Waals surface area (Å²) in [7, 11) is 1.93. The van der Waals surface area contributed by atoms with E-state index in [0.717, 1.165) is 12.8 Å². The number of carbonyl (C=O) groups is 1. The van der Waals surface area contributed by atoms with E-state index in [4.69, 9.17) is 5.73 Å². The fraction of sp³-hybridized carbons (Fsp3) is 0.917. The van der Waals surface area contributed by atoms with Gasteiger partial charge >= 0.3 is 0 Å². The number of nitrogens with two attached hydrogens (primary N) is 1. The lowest BCUT2D eigenvalue weighted by atomic mass is 9.84. The van der Waals surface area contributed by atoms with Crippen LogP contribution in [0.4, 0.5) is 0 Å². The van der Waals surface area contributed by atoms with E-state index < -0.39 is 0 Å². The van der Waals surface area contributed by atoms with E-state index in [0.29, 0.717) is 24.9 Å². The molecule has 1 rings (SSSR count). The molecule has 88 valence electrons. The third kappa shape index (κ3) is 4.20. The van der Waals surface area contributed by atoms with Crippen molar-refractivity contribution in [2.75, 3.05) is 13.6 Å². The molecule has 0 aromatic carbocycles. The van der Waals surface area contributed by atoms with Crippen molar-refractivity contribution >= 4 is 5.91 Å². The van der Waals surface area contributed by atoms with Crippen LogP contribution in [0.3, 0.4) is 0 Å². The summed E-state index contributed by atoms with van der Waals surface area (Å²) in [5, 5.41) is 0. The first kappa shape index (κ1) is 12.5. The zero-order chi connectivity index (χ0) is 11.5. The number of rotatable bonds is 6. The van der Waals surface area contributed by atoms with E-state index in [1.54, 1.807) is 0 Å². The van der Waals surface area contributed by atoms with Crippen molar-refractivity contribution < 1.29 is 4.79 Å². The van der Waals surface area contributed by atoms with E-state index in [-0.39, 0.29) is 5.41 Å². The minimum Gasteiger partial charge on any atom is -0.343 e. The Morgan fingerprint density at radius 2 is 2.00 bits per heavy atom. The zero-order valence-corrected chi connectivity index (χ0v) is 10.3. The summed E-state index contributed by atoms with van der Waals surface area (Å²) in [6, 6.07) is 0.537. The highest BCUT2D eigenvalue weighted by Gasteiger charge is 2.30. The number of nitrogens with zero attached hydrogens (tertiary/aromatic N) is 1. The SMILES string of the molecule is CN(C(=O)CCC(C)(C)CCN)C1CC1. The maximum absolute atomic E-state index is 11.8. The van der Waals surface area contributed by atoms with Crippen LogP contribution in [0.25, 0.3) is 0 Å². The molecule has 0 aliphatic heterocycles. The maximum atomic E-state index is 11.8. The standard InChI is InChI=1S/C12H24N2O/c1-12(2,8-9-13)7-6-11(15)14(3)10-4-5-10/h10H,4-9,13H2,1-3H3. The monoisotopic (exact) mass is 212 g/mol. The van der Waals surface area contributed by atoms with Crippen LogP contribution in [0.15, 0.2) is 0 Å². The Labute approximate surface area is 93.0 Å². The van der Waals surface area contributed by atoms with Gasteiger partial charge in [-0.3, -0.25) is 4.79 Å². The molecular weight excluding hydrogens is 188 g/mol. The van der Waals surface area contributed by atoms with E-state index in [2.05, 4.69) is 13.8 Å². The molecule has 3 nitrogen and oxygen atoms in total. The molecular formula is C12H24N2O. The van der Waals surface area contributed by atoms with Gasteiger partial charge < -0.3 is 10.6 Å². The third-order valence-electron chi connectivity index (χ3n) is 3.32. The molecule has 0 radical (unpaired) electrons. The Hall–Kier alpha value is -0.570. The molecule has 1 aliphatic carbocycles. The van der Waals surface area contributed by atoms with E-state index in [1.165, 1.54) is 12.8 Å². The highest BCUT2D eigenvalue weighted by Crippen LogP contribution is 2.29. The lowest BCUT2D eigenvalue weighted by Crippen LogP contribution is -2.30. The van der Waals surface area contributed by atoms with Crippen LogP contribution in [0, 0.1) is 5.41 Å². The number of hydrogen-bond acceptors (Lipinski definition) is 2. The van der Waals surface area contributed by atoms with Gasteiger partial charge in [0.1, 0.15) is 0 Å². The summed E-state index contributed by atoms with van der Waals surface area (Å²) >= 11 is 0. The molecule has 1 fully saturated rings. The second-order valence-corrected chi connectivity index (χ2v) is 5.44. The predicted molar refractivity (Wildman–Crippen MR) is 62.5 cm³/mol. The maximum Gasteiger partial charge on any atom is 0.222 e. The third-order valence-corrected chi connectivity index (χ3v) is 3.32. The first-order valence-corrected chi connectivity index (χ1v) is 5.92. The zero-order valence-electron chi connectivity index (χ0n) is 10.3. The second-order valence-electron chi connectivity index (χ2n) is 5.44. The Kier molecular flexibility index (Phi) is 4.14. The summed E-state index contributed by atoms with van der Waals surface area (Å²) in [5.74, 6) is 0.294. The van der Waals surface area contributed by atoms with Crippen molar-refractivity contribution in [1.82, 2.24) is 4.90 Å². The largest absolute Gasteiger partial charge is 0.343 e. The molecule has 0 spiro atoms. The minimum atomic E-state index is 0.203. The van der Waals surface area contributed by atoms with E-state index in [1.807, 2.05) is 11.9 Å². The lowest BCUT2D eigenvalue weighted by molar-refractivity contribution is -0.131. The fourth-order valence-corrected chi connectivity index (χ4v) is 1.80. The second kappa shape index (κ2) is 4.97. The normalized spacial score (nSPS) is 16.5. The summed E-state index contributed by atoms with van der Waals surface area (Å²) in [6.07, 6.45) is 4.98. The van der Waals surface area contributed by atoms with Crippen molar-refractivity contribution in [3.05, 3.63) is 0 Å².